The Balaban J connectivity index is 0.00000306. The Morgan fingerprint density at radius 3 is 2.45 bits per heavy atom. The number of benzene rings is 2. The second kappa shape index (κ2) is 13.8. The molecule has 2 heterocycles. The Bertz CT molecular complexity index is 850. The number of piperidine rings is 1. The fourth-order valence-corrected chi connectivity index (χ4v) is 4.31. The predicted octanol–water partition coefficient (Wildman–Crippen LogP) is 4.15. The second-order valence-corrected chi connectivity index (χ2v) is 8.50. The fourth-order valence-electron chi connectivity index (χ4n) is 4.31. The quantitative estimate of drug-likeness (QED) is 0.311. The van der Waals surface area contributed by atoms with Crippen molar-refractivity contribution in [3.8, 4) is 5.75 Å². The molecule has 0 atom stereocenters. The van der Waals surface area contributed by atoms with Crippen molar-refractivity contribution in [3.05, 3.63) is 65.7 Å². The van der Waals surface area contributed by atoms with Gasteiger partial charge < -0.3 is 19.7 Å². The number of hydrogen-bond acceptors (Lipinski definition) is 4. The molecular weight excluding hydrogens is 527 g/mol. The average molecular weight is 565 g/mol. The minimum absolute atomic E-state index is 0. The van der Waals surface area contributed by atoms with Crippen molar-refractivity contribution in [1.29, 1.82) is 0 Å². The topological polar surface area (TPSA) is 49.3 Å². The standard InChI is InChI=1S/C26H36N4O2.HI/c1-2-27-26(30-13-11-25(12-14-30)32-24-9-4-3-5-10-24)28-20-22-7-6-8-23(19-22)21-29-15-17-31-18-16-29;/h3-10,19,25H,2,11-18,20-21H2,1H3,(H,27,28);1H. The molecule has 6 nitrogen and oxygen atoms in total. The molecule has 0 saturated carbocycles. The molecule has 2 aromatic carbocycles. The summed E-state index contributed by atoms with van der Waals surface area (Å²) in [4.78, 5) is 9.78. The van der Waals surface area contributed by atoms with Crippen LogP contribution in [0.15, 0.2) is 59.6 Å². The Hall–Kier alpha value is -1.84. The summed E-state index contributed by atoms with van der Waals surface area (Å²) in [6.07, 6.45) is 2.29. The zero-order valence-electron chi connectivity index (χ0n) is 19.6. The molecule has 0 radical (unpaired) electrons. The summed E-state index contributed by atoms with van der Waals surface area (Å²) >= 11 is 0. The van der Waals surface area contributed by atoms with Gasteiger partial charge in [0.05, 0.1) is 19.8 Å². The van der Waals surface area contributed by atoms with Crippen LogP contribution in [0.25, 0.3) is 0 Å². The number of rotatable bonds is 7. The van der Waals surface area contributed by atoms with Gasteiger partial charge in [-0.2, -0.15) is 0 Å². The third-order valence-electron chi connectivity index (χ3n) is 6.04. The molecule has 7 heteroatoms. The Kier molecular flexibility index (Phi) is 10.8. The molecular formula is C26H37IN4O2. The second-order valence-electron chi connectivity index (χ2n) is 8.50. The van der Waals surface area contributed by atoms with E-state index in [0.717, 1.165) is 77.0 Å². The first-order chi connectivity index (χ1) is 15.8. The van der Waals surface area contributed by atoms with Gasteiger partial charge in [-0.25, -0.2) is 4.99 Å². The lowest BCUT2D eigenvalue weighted by atomic mass is 10.1. The van der Waals surface area contributed by atoms with Gasteiger partial charge in [-0.15, -0.1) is 24.0 Å². The van der Waals surface area contributed by atoms with E-state index in [1.54, 1.807) is 0 Å². The minimum Gasteiger partial charge on any atom is -0.490 e. The molecule has 0 aromatic heterocycles. The van der Waals surface area contributed by atoms with E-state index in [0.29, 0.717) is 6.54 Å². The number of aliphatic imine (C=N–C) groups is 1. The Morgan fingerprint density at radius 1 is 1.00 bits per heavy atom. The molecule has 33 heavy (non-hydrogen) atoms. The molecule has 2 saturated heterocycles. The summed E-state index contributed by atoms with van der Waals surface area (Å²) < 4.78 is 11.6. The summed E-state index contributed by atoms with van der Waals surface area (Å²) in [7, 11) is 0. The summed E-state index contributed by atoms with van der Waals surface area (Å²) in [5, 5.41) is 3.48. The first-order valence-corrected chi connectivity index (χ1v) is 11.9. The van der Waals surface area contributed by atoms with Crippen molar-refractivity contribution >= 4 is 29.9 Å². The van der Waals surface area contributed by atoms with E-state index in [9.17, 15) is 0 Å². The molecule has 0 aliphatic carbocycles. The number of nitrogens with one attached hydrogen (secondary N) is 1. The number of guanidine groups is 1. The molecule has 4 rings (SSSR count). The van der Waals surface area contributed by atoms with E-state index in [1.807, 2.05) is 30.3 Å². The lowest BCUT2D eigenvalue weighted by molar-refractivity contribution is 0.0342. The van der Waals surface area contributed by atoms with Crippen LogP contribution in [-0.2, 0) is 17.8 Å². The molecule has 2 aliphatic heterocycles. The number of halogens is 1. The third kappa shape index (κ3) is 8.15. The summed E-state index contributed by atoms with van der Waals surface area (Å²) in [6, 6.07) is 19.0. The van der Waals surface area contributed by atoms with Gasteiger partial charge in [-0.05, 0) is 30.2 Å². The maximum atomic E-state index is 6.15. The normalized spacial score (nSPS) is 18.0. The van der Waals surface area contributed by atoms with Crippen molar-refractivity contribution in [3.63, 3.8) is 0 Å². The van der Waals surface area contributed by atoms with Crippen molar-refractivity contribution in [1.82, 2.24) is 15.1 Å². The maximum Gasteiger partial charge on any atom is 0.194 e. The van der Waals surface area contributed by atoms with E-state index in [4.69, 9.17) is 14.5 Å². The molecule has 1 N–H and O–H groups in total. The van der Waals surface area contributed by atoms with Gasteiger partial charge in [0.15, 0.2) is 5.96 Å². The predicted molar refractivity (Wildman–Crippen MR) is 144 cm³/mol. The molecule has 0 spiro atoms. The summed E-state index contributed by atoms with van der Waals surface area (Å²) in [6.45, 7) is 10.3. The van der Waals surface area contributed by atoms with Crippen LogP contribution in [0.1, 0.15) is 30.9 Å². The van der Waals surface area contributed by atoms with Crippen LogP contribution in [-0.4, -0.2) is 67.8 Å². The van der Waals surface area contributed by atoms with Gasteiger partial charge >= 0.3 is 0 Å². The highest BCUT2D eigenvalue weighted by Crippen LogP contribution is 2.19. The highest BCUT2D eigenvalue weighted by Gasteiger charge is 2.22. The molecule has 2 aromatic rings. The number of nitrogens with zero attached hydrogens (tertiary/aromatic N) is 3. The molecule has 0 bridgehead atoms. The number of ether oxygens (including phenoxy) is 2. The van der Waals surface area contributed by atoms with Gasteiger partial charge in [-0.3, -0.25) is 4.90 Å². The first-order valence-electron chi connectivity index (χ1n) is 11.9. The number of morpholine rings is 1. The minimum atomic E-state index is 0. The molecule has 0 amide bonds. The number of para-hydroxylation sites is 1. The Labute approximate surface area is 215 Å². The van der Waals surface area contributed by atoms with Gasteiger partial charge in [0.2, 0.25) is 0 Å². The molecule has 180 valence electrons. The van der Waals surface area contributed by atoms with E-state index in [1.165, 1.54) is 11.1 Å². The van der Waals surface area contributed by atoms with Gasteiger partial charge in [0.25, 0.3) is 0 Å². The van der Waals surface area contributed by atoms with Crippen LogP contribution in [0.4, 0.5) is 0 Å². The van der Waals surface area contributed by atoms with E-state index in [2.05, 4.69) is 46.3 Å². The van der Waals surface area contributed by atoms with Crippen LogP contribution in [0.2, 0.25) is 0 Å². The van der Waals surface area contributed by atoms with E-state index in [-0.39, 0.29) is 30.1 Å². The highest BCUT2D eigenvalue weighted by molar-refractivity contribution is 14.0. The first kappa shape index (κ1) is 25.8. The van der Waals surface area contributed by atoms with Crippen LogP contribution < -0.4 is 10.1 Å². The van der Waals surface area contributed by atoms with Gasteiger partial charge in [-0.1, -0.05) is 42.5 Å². The van der Waals surface area contributed by atoms with E-state index < -0.39 is 0 Å². The Morgan fingerprint density at radius 2 is 1.73 bits per heavy atom. The molecule has 0 unspecified atom stereocenters. The summed E-state index contributed by atoms with van der Waals surface area (Å²) in [5.74, 6) is 1.97. The van der Waals surface area contributed by atoms with Crippen LogP contribution >= 0.6 is 24.0 Å². The van der Waals surface area contributed by atoms with Crippen LogP contribution in [0.3, 0.4) is 0 Å². The maximum absolute atomic E-state index is 6.15. The van der Waals surface area contributed by atoms with Crippen molar-refractivity contribution in [2.24, 2.45) is 4.99 Å². The van der Waals surface area contributed by atoms with Crippen LogP contribution in [0.5, 0.6) is 5.75 Å². The van der Waals surface area contributed by atoms with Crippen molar-refractivity contribution in [2.45, 2.75) is 39.0 Å². The zero-order chi connectivity index (χ0) is 22.0. The molecule has 2 fully saturated rings. The monoisotopic (exact) mass is 564 g/mol. The average Bonchev–Trinajstić information content (AvgIpc) is 2.84. The van der Waals surface area contributed by atoms with Gasteiger partial charge in [0.1, 0.15) is 11.9 Å². The SMILES string of the molecule is CCNC(=NCc1cccc(CN2CCOCC2)c1)N1CCC(Oc2ccccc2)CC1.I. The third-order valence-corrected chi connectivity index (χ3v) is 6.04. The van der Waals surface area contributed by atoms with Crippen molar-refractivity contribution in [2.75, 3.05) is 45.9 Å². The lowest BCUT2D eigenvalue weighted by Crippen LogP contribution is -2.47. The highest BCUT2D eigenvalue weighted by atomic mass is 127. The van der Waals surface area contributed by atoms with E-state index >= 15 is 0 Å². The van der Waals surface area contributed by atoms with Crippen LogP contribution in [0, 0.1) is 0 Å². The van der Waals surface area contributed by atoms with Gasteiger partial charge in [0, 0.05) is 52.1 Å². The lowest BCUT2D eigenvalue weighted by Gasteiger charge is -2.34. The summed E-state index contributed by atoms with van der Waals surface area (Å²) in [5.41, 5.74) is 2.61. The smallest absolute Gasteiger partial charge is 0.194 e. The number of hydrogen-bond donors (Lipinski definition) is 1. The van der Waals surface area contributed by atoms with Crippen molar-refractivity contribution < 1.29 is 9.47 Å². The number of likely N-dealkylation sites (tertiary alicyclic amines) is 1. The zero-order valence-corrected chi connectivity index (χ0v) is 21.9. The molecule has 2 aliphatic rings. The largest absolute Gasteiger partial charge is 0.490 e. The fraction of sp³-hybridized carbons (Fsp3) is 0.500.